The average Bonchev–Trinajstić information content (AvgIpc) is 2.87. The summed E-state index contributed by atoms with van der Waals surface area (Å²) in [4.78, 5) is 12.1. The van der Waals surface area contributed by atoms with Gasteiger partial charge in [0.2, 0.25) is 0 Å². The number of nitrogens with two attached hydrogens (primary N) is 1. The summed E-state index contributed by atoms with van der Waals surface area (Å²) in [7, 11) is 0. The number of carbonyl (C=O) groups is 1. The first-order chi connectivity index (χ1) is 10.2. The van der Waals surface area contributed by atoms with Crippen LogP contribution in [0.5, 0.6) is 5.75 Å². The monoisotopic (exact) mass is 288 g/mol. The van der Waals surface area contributed by atoms with Gasteiger partial charge in [0.1, 0.15) is 5.75 Å². The van der Waals surface area contributed by atoms with Crippen molar-refractivity contribution >= 4 is 17.3 Å². The zero-order chi connectivity index (χ0) is 15.2. The lowest BCUT2D eigenvalue weighted by Gasteiger charge is -2.07. The highest BCUT2D eigenvalue weighted by molar-refractivity contribution is 6.06. The predicted molar refractivity (Wildman–Crippen MR) is 82.6 cm³/mol. The summed E-state index contributed by atoms with van der Waals surface area (Å²) in [5, 5.41) is 9.48. The molecule has 6 heteroatoms. The maximum atomic E-state index is 12.1. The number of amides is 1. The van der Waals surface area contributed by atoms with Crippen LogP contribution in [0.25, 0.3) is 0 Å². The van der Waals surface area contributed by atoms with Crippen LogP contribution in [0, 0.1) is 0 Å². The molecule has 0 atom stereocenters. The van der Waals surface area contributed by atoms with Crippen LogP contribution in [0.4, 0.5) is 11.4 Å². The van der Waals surface area contributed by atoms with E-state index in [1.54, 1.807) is 12.1 Å². The van der Waals surface area contributed by atoms with E-state index in [0.717, 1.165) is 17.9 Å². The topological polar surface area (TPSA) is 93.0 Å². The molecule has 0 bridgehead atoms. The van der Waals surface area contributed by atoms with Gasteiger partial charge in [-0.2, -0.15) is 5.10 Å². The Morgan fingerprint density at radius 3 is 2.62 bits per heavy atom. The lowest BCUT2D eigenvalue weighted by Crippen LogP contribution is -2.14. The fraction of sp³-hybridized carbons (Fsp3) is 0.333. The minimum absolute atomic E-state index is 0.221. The molecular weight excluding hydrogens is 268 g/mol. The third kappa shape index (κ3) is 3.53. The fourth-order valence-corrected chi connectivity index (χ4v) is 1.87. The molecular formula is C15H20N4O2. The number of hydrogen-bond donors (Lipinski definition) is 3. The number of hydrogen-bond acceptors (Lipinski definition) is 4. The van der Waals surface area contributed by atoms with Crippen molar-refractivity contribution in [3.8, 4) is 5.75 Å². The Morgan fingerprint density at radius 1 is 1.33 bits per heavy atom. The normalized spacial score (nSPS) is 10.4. The van der Waals surface area contributed by atoms with Crippen LogP contribution in [0.2, 0.25) is 0 Å². The van der Waals surface area contributed by atoms with Crippen molar-refractivity contribution in [1.82, 2.24) is 10.2 Å². The Morgan fingerprint density at radius 2 is 2.05 bits per heavy atom. The van der Waals surface area contributed by atoms with Gasteiger partial charge in [0, 0.05) is 5.69 Å². The van der Waals surface area contributed by atoms with E-state index < -0.39 is 0 Å². The summed E-state index contributed by atoms with van der Waals surface area (Å²) in [5.74, 6) is 0.452. The van der Waals surface area contributed by atoms with E-state index in [1.165, 1.54) is 0 Å². The first kappa shape index (κ1) is 14.9. The minimum Gasteiger partial charge on any atom is -0.494 e. The van der Waals surface area contributed by atoms with Crippen molar-refractivity contribution < 1.29 is 9.53 Å². The van der Waals surface area contributed by atoms with Gasteiger partial charge in [0.05, 0.1) is 18.0 Å². The van der Waals surface area contributed by atoms with Gasteiger partial charge >= 0.3 is 0 Å². The fourth-order valence-electron chi connectivity index (χ4n) is 1.87. The molecule has 0 aliphatic rings. The number of carbonyl (C=O) groups excluding carboxylic acids is 1. The smallest absolute Gasteiger partial charge is 0.278 e. The Kier molecular flexibility index (Phi) is 4.81. The number of rotatable bonds is 6. The van der Waals surface area contributed by atoms with E-state index in [1.807, 2.05) is 26.0 Å². The van der Waals surface area contributed by atoms with Crippen LogP contribution in [0.3, 0.4) is 0 Å². The highest BCUT2D eigenvalue weighted by atomic mass is 16.5. The van der Waals surface area contributed by atoms with E-state index in [4.69, 9.17) is 10.5 Å². The molecule has 4 N–H and O–H groups in total. The van der Waals surface area contributed by atoms with E-state index in [0.29, 0.717) is 24.4 Å². The van der Waals surface area contributed by atoms with Gasteiger partial charge in [0.25, 0.3) is 5.91 Å². The van der Waals surface area contributed by atoms with E-state index in [9.17, 15) is 4.79 Å². The zero-order valence-electron chi connectivity index (χ0n) is 12.3. The molecule has 0 aliphatic carbocycles. The van der Waals surface area contributed by atoms with Crippen molar-refractivity contribution in [2.75, 3.05) is 17.7 Å². The molecule has 21 heavy (non-hydrogen) atoms. The maximum Gasteiger partial charge on any atom is 0.278 e. The number of ether oxygens (including phenoxy) is 1. The second-order valence-electron chi connectivity index (χ2n) is 4.64. The van der Waals surface area contributed by atoms with Crippen LogP contribution < -0.4 is 15.8 Å². The standard InChI is InChI=1S/C15H20N4O2/c1-3-9-21-11-7-5-10(6-8-11)17-15(20)14-13(16)12(4-2)18-19-14/h5-8H,3-4,9,16H2,1-2H3,(H,17,20)(H,18,19). The number of H-pyrrole nitrogens is 1. The quantitative estimate of drug-likeness (QED) is 0.761. The summed E-state index contributed by atoms with van der Waals surface area (Å²) >= 11 is 0. The summed E-state index contributed by atoms with van der Waals surface area (Å²) in [6.07, 6.45) is 1.66. The lowest BCUT2D eigenvalue weighted by atomic mass is 10.2. The predicted octanol–water partition coefficient (Wildman–Crippen LogP) is 2.60. The highest BCUT2D eigenvalue weighted by Crippen LogP contribution is 2.19. The van der Waals surface area contributed by atoms with Gasteiger partial charge < -0.3 is 15.8 Å². The number of aromatic amines is 1. The number of nitrogen functional groups attached to an aromatic ring is 1. The largest absolute Gasteiger partial charge is 0.494 e. The zero-order valence-corrected chi connectivity index (χ0v) is 12.3. The van der Waals surface area contributed by atoms with Gasteiger partial charge in [0.15, 0.2) is 5.69 Å². The third-order valence-corrected chi connectivity index (χ3v) is 3.04. The number of aryl methyl sites for hydroxylation is 1. The number of nitrogens with zero attached hydrogens (tertiary/aromatic N) is 1. The molecule has 0 aliphatic heterocycles. The molecule has 0 spiro atoms. The first-order valence-corrected chi connectivity index (χ1v) is 7.02. The molecule has 6 nitrogen and oxygen atoms in total. The van der Waals surface area contributed by atoms with Crippen LogP contribution >= 0.6 is 0 Å². The molecule has 1 heterocycles. The van der Waals surface area contributed by atoms with E-state index >= 15 is 0 Å². The number of anilines is 2. The molecule has 1 aromatic heterocycles. The SMILES string of the molecule is CCCOc1ccc(NC(=O)c2n[nH]c(CC)c2N)cc1. The van der Waals surface area contributed by atoms with Gasteiger partial charge in [-0.25, -0.2) is 0 Å². The van der Waals surface area contributed by atoms with Crippen molar-refractivity contribution in [1.29, 1.82) is 0 Å². The van der Waals surface area contributed by atoms with Crippen LogP contribution in [0.1, 0.15) is 36.5 Å². The summed E-state index contributed by atoms with van der Waals surface area (Å²) in [6.45, 7) is 4.67. The summed E-state index contributed by atoms with van der Waals surface area (Å²) < 4.78 is 5.49. The number of aromatic nitrogens is 2. The summed E-state index contributed by atoms with van der Waals surface area (Å²) in [6, 6.07) is 7.20. The molecule has 1 amide bonds. The Hall–Kier alpha value is -2.50. The molecule has 0 fully saturated rings. The molecule has 0 saturated heterocycles. The van der Waals surface area contributed by atoms with Gasteiger partial charge in [-0.1, -0.05) is 13.8 Å². The Labute approximate surface area is 123 Å². The molecule has 0 radical (unpaired) electrons. The molecule has 2 aromatic rings. The highest BCUT2D eigenvalue weighted by Gasteiger charge is 2.16. The molecule has 2 rings (SSSR count). The molecule has 1 aromatic carbocycles. The van der Waals surface area contributed by atoms with Crippen LogP contribution in [-0.2, 0) is 6.42 Å². The van der Waals surface area contributed by atoms with Gasteiger partial charge in [-0.3, -0.25) is 9.89 Å². The van der Waals surface area contributed by atoms with Crippen molar-refractivity contribution in [2.45, 2.75) is 26.7 Å². The van der Waals surface area contributed by atoms with Crippen molar-refractivity contribution in [3.63, 3.8) is 0 Å². The minimum atomic E-state index is -0.328. The van der Waals surface area contributed by atoms with Crippen molar-refractivity contribution in [3.05, 3.63) is 35.7 Å². The van der Waals surface area contributed by atoms with Gasteiger partial charge in [-0.15, -0.1) is 0 Å². The van der Waals surface area contributed by atoms with Crippen LogP contribution in [-0.4, -0.2) is 22.7 Å². The number of nitrogens with one attached hydrogen (secondary N) is 2. The average molecular weight is 288 g/mol. The van der Waals surface area contributed by atoms with Gasteiger partial charge in [-0.05, 0) is 37.1 Å². The molecule has 112 valence electrons. The summed E-state index contributed by atoms with van der Waals surface area (Å²) in [5.41, 5.74) is 7.93. The van der Waals surface area contributed by atoms with E-state index in [-0.39, 0.29) is 11.6 Å². The van der Waals surface area contributed by atoms with Crippen LogP contribution in [0.15, 0.2) is 24.3 Å². The van der Waals surface area contributed by atoms with Crippen molar-refractivity contribution in [2.24, 2.45) is 0 Å². The first-order valence-electron chi connectivity index (χ1n) is 7.02. The third-order valence-electron chi connectivity index (χ3n) is 3.04. The Bertz CT molecular complexity index is 605. The second kappa shape index (κ2) is 6.78. The van der Waals surface area contributed by atoms with E-state index in [2.05, 4.69) is 15.5 Å². The second-order valence-corrected chi connectivity index (χ2v) is 4.64. The molecule has 0 unspecified atom stereocenters. The maximum absolute atomic E-state index is 12.1. The number of benzene rings is 1. The molecule has 0 saturated carbocycles. The lowest BCUT2D eigenvalue weighted by molar-refractivity contribution is 0.102. The Balaban J connectivity index is 2.03.